The van der Waals surface area contributed by atoms with Gasteiger partial charge in [0.05, 0.1) is 20.6 Å². The van der Waals surface area contributed by atoms with Crippen molar-refractivity contribution in [1.29, 1.82) is 0 Å². The highest BCUT2D eigenvalue weighted by molar-refractivity contribution is 5.92. The zero-order valence-corrected chi connectivity index (χ0v) is 12.2. The lowest BCUT2D eigenvalue weighted by Gasteiger charge is -2.10. The van der Waals surface area contributed by atoms with Crippen LogP contribution in [0.1, 0.15) is 5.56 Å². The first-order valence-electron chi connectivity index (χ1n) is 6.48. The maximum Gasteiger partial charge on any atom is 0.228 e. The second kappa shape index (κ2) is 6.89. The normalized spacial score (nSPS) is 10.2. The van der Waals surface area contributed by atoms with Crippen LogP contribution in [0.4, 0.5) is 14.5 Å². The van der Waals surface area contributed by atoms with Gasteiger partial charge in [-0.25, -0.2) is 8.78 Å². The van der Waals surface area contributed by atoms with Gasteiger partial charge in [0.15, 0.2) is 11.5 Å². The highest BCUT2D eigenvalue weighted by atomic mass is 19.1. The third kappa shape index (κ3) is 3.94. The van der Waals surface area contributed by atoms with Crippen LogP contribution in [0.25, 0.3) is 0 Å². The van der Waals surface area contributed by atoms with Gasteiger partial charge in [-0.1, -0.05) is 6.07 Å². The fraction of sp³-hybridized carbons (Fsp3) is 0.188. The Bertz CT molecular complexity index is 669. The predicted molar refractivity (Wildman–Crippen MR) is 78.2 cm³/mol. The van der Waals surface area contributed by atoms with Gasteiger partial charge < -0.3 is 14.8 Å². The molecule has 0 heterocycles. The Kier molecular flexibility index (Phi) is 4.93. The number of nitrogens with one attached hydrogen (secondary N) is 1. The van der Waals surface area contributed by atoms with Crippen LogP contribution in [0.5, 0.6) is 11.5 Å². The van der Waals surface area contributed by atoms with Gasteiger partial charge in [-0.05, 0) is 29.8 Å². The summed E-state index contributed by atoms with van der Waals surface area (Å²) in [4.78, 5) is 11.9. The number of benzene rings is 2. The quantitative estimate of drug-likeness (QED) is 0.923. The molecule has 1 N–H and O–H groups in total. The molecule has 0 aromatic heterocycles. The highest BCUT2D eigenvalue weighted by Gasteiger charge is 2.09. The first kappa shape index (κ1) is 15.8. The monoisotopic (exact) mass is 307 g/mol. The molecule has 2 aromatic rings. The van der Waals surface area contributed by atoms with Crippen molar-refractivity contribution in [3.8, 4) is 11.5 Å². The van der Waals surface area contributed by atoms with Crippen LogP contribution >= 0.6 is 0 Å². The lowest BCUT2D eigenvalue weighted by molar-refractivity contribution is -0.115. The zero-order chi connectivity index (χ0) is 16.1. The van der Waals surface area contributed by atoms with Crippen LogP contribution in [0, 0.1) is 11.6 Å². The van der Waals surface area contributed by atoms with E-state index in [1.165, 1.54) is 14.2 Å². The molecular weight excluding hydrogens is 292 g/mol. The Balaban J connectivity index is 2.08. The standard InChI is InChI=1S/C16H15F2NO3/c1-21-14-4-3-10(5-15(14)22-2)6-16(20)19-13-8-11(17)7-12(18)9-13/h3-5,7-9H,6H2,1-2H3,(H,19,20). The van der Waals surface area contributed by atoms with Crippen LogP contribution in [-0.4, -0.2) is 20.1 Å². The Morgan fingerprint density at radius 1 is 1.00 bits per heavy atom. The third-order valence-electron chi connectivity index (χ3n) is 2.96. The molecule has 1 amide bonds. The van der Waals surface area contributed by atoms with Gasteiger partial charge >= 0.3 is 0 Å². The summed E-state index contributed by atoms with van der Waals surface area (Å²) in [6.45, 7) is 0. The Morgan fingerprint density at radius 3 is 2.23 bits per heavy atom. The second-order valence-electron chi connectivity index (χ2n) is 4.57. The number of carbonyl (C=O) groups excluding carboxylic acids is 1. The topological polar surface area (TPSA) is 47.6 Å². The molecule has 0 radical (unpaired) electrons. The SMILES string of the molecule is COc1ccc(CC(=O)Nc2cc(F)cc(F)c2)cc1OC. The van der Waals surface area contributed by atoms with E-state index in [0.29, 0.717) is 17.1 Å². The van der Waals surface area contributed by atoms with Crippen molar-refractivity contribution in [2.45, 2.75) is 6.42 Å². The maximum absolute atomic E-state index is 13.1. The second-order valence-corrected chi connectivity index (χ2v) is 4.57. The number of anilines is 1. The molecule has 2 rings (SSSR count). The minimum Gasteiger partial charge on any atom is -0.493 e. The largest absolute Gasteiger partial charge is 0.493 e. The maximum atomic E-state index is 13.1. The number of hydrogen-bond acceptors (Lipinski definition) is 3. The molecule has 0 aliphatic heterocycles. The molecule has 0 bridgehead atoms. The molecule has 4 nitrogen and oxygen atoms in total. The molecule has 0 spiro atoms. The summed E-state index contributed by atoms with van der Waals surface area (Å²) in [5.41, 5.74) is 0.759. The molecular formula is C16H15F2NO3. The first-order valence-corrected chi connectivity index (χ1v) is 6.48. The fourth-order valence-corrected chi connectivity index (χ4v) is 2.01. The van der Waals surface area contributed by atoms with E-state index < -0.39 is 17.5 Å². The number of amides is 1. The molecule has 0 aliphatic carbocycles. The van der Waals surface area contributed by atoms with E-state index in [1.54, 1.807) is 18.2 Å². The van der Waals surface area contributed by atoms with Crippen molar-refractivity contribution in [2.24, 2.45) is 0 Å². The van der Waals surface area contributed by atoms with Gasteiger partial charge in [-0.15, -0.1) is 0 Å². The van der Waals surface area contributed by atoms with Crippen molar-refractivity contribution in [3.05, 3.63) is 53.6 Å². The van der Waals surface area contributed by atoms with Crippen molar-refractivity contribution < 1.29 is 23.0 Å². The zero-order valence-electron chi connectivity index (χ0n) is 12.2. The van der Waals surface area contributed by atoms with E-state index in [0.717, 1.165) is 18.2 Å². The number of hydrogen-bond donors (Lipinski definition) is 1. The van der Waals surface area contributed by atoms with E-state index in [-0.39, 0.29) is 12.1 Å². The molecule has 0 aliphatic rings. The lowest BCUT2D eigenvalue weighted by Crippen LogP contribution is -2.14. The van der Waals surface area contributed by atoms with Crippen LogP contribution in [-0.2, 0) is 11.2 Å². The summed E-state index contributed by atoms with van der Waals surface area (Å²) in [7, 11) is 3.01. The van der Waals surface area contributed by atoms with Gasteiger partial charge in [-0.3, -0.25) is 4.79 Å². The van der Waals surface area contributed by atoms with Gasteiger partial charge in [-0.2, -0.15) is 0 Å². The van der Waals surface area contributed by atoms with Crippen molar-refractivity contribution >= 4 is 11.6 Å². The molecule has 22 heavy (non-hydrogen) atoms. The molecule has 6 heteroatoms. The Morgan fingerprint density at radius 2 is 1.64 bits per heavy atom. The minimum absolute atomic E-state index is 0.0402. The molecule has 0 saturated heterocycles. The van der Waals surface area contributed by atoms with Crippen LogP contribution in [0.2, 0.25) is 0 Å². The van der Waals surface area contributed by atoms with E-state index in [1.807, 2.05) is 0 Å². The van der Waals surface area contributed by atoms with Crippen molar-refractivity contribution in [1.82, 2.24) is 0 Å². The smallest absolute Gasteiger partial charge is 0.228 e. The van der Waals surface area contributed by atoms with Gasteiger partial charge in [0.25, 0.3) is 0 Å². The van der Waals surface area contributed by atoms with Crippen molar-refractivity contribution in [3.63, 3.8) is 0 Å². The van der Waals surface area contributed by atoms with E-state index in [4.69, 9.17) is 9.47 Å². The number of methoxy groups -OCH3 is 2. The van der Waals surface area contributed by atoms with E-state index in [9.17, 15) is 13.6 Å². The summed E-state index contributed by atoms with van der Waals surface area (Å²) in [5, 5.41) is 2.45. The molecule has 116 valence electrons. The first-order chi connectivity index (χ1) is 10.5. The van der Waals surface area contributed by atoms with Gasteiger partial charge in [0, 0.05) is 11.8 Å². The predicted octanol–water partition coefficient (Wildman–Crippen LogP) is 3.16. The highest BCUT2D eigenvalue weighted by Crippen LogP contribution is 2.27. The molecule has 2 aromatic carbocycles. The van der Waals surface area contributed by atoms with Gasteiger partial charge in [0.1, 0.15) is 11.6 Å². The van der Waals surface area contributed by atoms with E-state index >= 15 is 0 Å². The number of halogens is 2. The van der Waals surface area contributed by atoms with E-state index in [2.05, 4.69) is 5.32 Å². The lowest BCUT2D eigenvalue weighted by atomic mass is 10.1. The minimum atomic E-state index is -0.749. The third-order valence-corrected chi connectivity index (χ3v) is 2.96. The number of carbonyl (C=O) groups is 1. The summed E-state index contributed by atoms with van der Waals surface area (Å²) >= 11 is 0. The average Bonchev–Trinajstić information content (AvgIpc) is 2.45. The Labute approximate surface area is 126 Å². The Hall–Kier alpha value is -2.63. The summed E-state index contributed by atoms with van der Waals surface area (Å²) in [5.74, 6) is -0.830. The number of rotatable bonds is 5. The summed E-state index contributed by atoms with van der Waals surface area (Å²) in [6, 6.07) is 7.91. The van der Waals surface area contributed by atoms with Crippen LogP contribution in [0.3, 0.4) is 0 Å². The fourth-order valence-electron chi connectivity index (χ4n) is 2.01. The van der Waals surface area contributed by atoms with Crippen molar-refractivity contribution in [2.75, 3.05) is 19.5 Å². The van der Waals surface area contributed by atoms with Crippen LogP contribution in [0.15, 0.2) is 36.4 Å². The molecule has 0 saturated carbocycles. The molecule has 0 unspecified atom stereocenters. The molecule has 0 fully saturated rings. The molecule has 0 atom stereocenters. The van der Waals surface area contributed by atoms with Crippen LogP contribution < -0.4 is 14.8 Å². The summed E-state index contributed by atoms with van der Waals surface area (Å²) in [6.07, 6.45) is 0.0402. The average molecular weight is 307 g/mol. The number of ether oxygens (including phenoxy) is 2. The van der Waals surface area contributed by atoms with Gasteiger partial charge in [0.2, 0.25) is 5.91 Å². The summed E-state index contributed by atoms with van der Waals surface area (Å²) < 4.78 is 36.4.